The molecule has 2 rings (SSSR count). The standard InChI is InChI=1S/C16H24N2O2/c1-13(20)18-15-7-5-14(6-8-15)11-17-16(12-19)9-3-2-4-10-16/h5-8,17,19H,2-4,9-12H2,1H3,(H,18,20). The number of anilines is 1. The number of carbonyl (C=O) groups excluding carboxylic acids is 1. The summed E-state index contributed by atoms with van der Waals surface area (Å²) in [5.74, 6) is -0.0580. The minimum atomic E-state index is -0.103. The zero-order valence-corrected chi connectivity index (χ0v) is 12.1. The van der Waals surface area contributed by atoms with Gasteiger partial charge < -0.3 is 15.7 Å². The maximum atomic E-state index is 11.0. The van der Waals surface area contributed by atoms with E-state index in [4.69, 9.17) is 0 Å². The first kappa shape index (κ1) is 15.0. The highest BCUT2D eigenvalue weighted by atomic mass is 16.3. The summed E-state index contributed by atoms with van der Waals surface area (Å²) in [6.45, 7) is 2.46. The second-order valence-electron chi connectivity index (χ2n) is 5.73. The molecule has 110 valence electrons. The Hall–Kier alpha value is -1.39. The third kappa shape index (κ3) is 4.05. The van der Waals surface area contributed by atoms with Crippen molar-refractivity contribution in [1.29, 1.82) is 0 Å². The normalized spacial score (nSPS) is 17.7. The highest BCUT2D eigenvalue weighted by Crippen LogP contribution is 2.28. The SMILES string of the molecule is CC(=O)Nc1ccc(CNC2(CO)CCCCC2)cc1. The van der Waals surface area contributed by atoms with E-state index in [1.54, 1.807) is 0 Å². The third-order valence-electron chi connectivity index (χ3n) is 4.06. The predicted molar refractivity (Wildman–Crippen MR) is 80.5 cm³/mol. The number of aliphatic hydroxyl groups excluding tert-OH is 1. The van der Waals surface area contributed by atoms with Crippen LogP contribution in [0.3, 0.4) is 0 Å². The number of benzene rings is 1. The van der Waals surface area contributed by atoms with Gasteiger partial charge in [-0.25, -0.2) is 0 Å². The number of hydrogen-bond acceptors (Lipinski definition) is 3. The molecule has 1 aliphatic rings. The summed E-state index contributed by atoms with van der Waals surface area (Å²) in [7, 11) is 0. The Balaban J connectivity index is 1.91. The Kier molecular flexibility index (Phi) is 5.15. The molecule has 1 aliphatic carbocycles. The molecule has 0 aliphatic heterocycles. The molecule has 20 heavy (non-hydrogen) atoms. The van der Waals surface area contributed by atoms with E-state index in [1.807, 2.05) is 24.3 Å². The number of carbonyl (C=O) groups is 1. The molecule has 4 nitrogen and oxygen atoms in total. The molecule has 0 atom stereocenters. The van der Waals surface area contributed by atoms with Gasteiger partial charge in [-0.1, -0.05) is 31.4 Å². The van der Waals surface area contributed by atoms with Crippen molar-refractivity contribution in [3.8, 4) is 0 Å². The highest BCUT2D eigenvalue weighted by molar-refractivity contribution is 5.88. The smallest absolute Gasteiger partial charge is 0.221 e. The van der Waals surface area contributed by atoms with E-state index in [-0.39, 0.29) is 18.1 Å². The van der Waals surface area contributed by atoms with E-state index in [0.717, 1.165) is 30.6 Å². The molecular formula is C16H24N2O2. The Morgan fingerprint density at radius 1 is 1.20 bits per heavy atom. The van der Waals surface area contributed by atoms with Crippen LogP contribution in [0.25, 0.3) is 0 Å². The molecule has 0 saturated heterocycles. The van der Waals surface area contributed by atoms with Gasteiger partial charge in [0.05, 0.1) is 6.61 Å². The number of rotatable bonds is 5. The van der Waals surface area contributed by atoms with Crippen LogP contribution in [0, 0.1) is 0 Å². The van der Waals surface area contributed by atoms with Crippen molar-refractivity contribution in [1.82, 2.24) is 5.32 Å². The fourth-order valence-corrected chi connectivity index (χ4v) is 2.82. The molecule has 0 aromatic heterocycles. The van der Waals surface area contributed by atoms with Crippen molar-refractivity contribution in [2.75, 3.05) is 11.9 Å². The Morgan fingerprint density at radius 2 is 1.85 bits per heavy atom. The molecular weight excluding hydrogens is 252 g/mol. The molecule has 3 N–H and O–H groups in total. The predicted octanol–water partition coefficient (Wildman–Crippen LogP) is 2.43. The van der Waals surface area contributed by atoms with Crippen LogP contribution < -0.4 is 10.6 Å². The molecule has 0 radical (unpaired) electrons. The first-order valence-corrected chi connectivity index (χ1v) is 7.36. The van der Waals surface area contributed by atoms with Gasteiger partial charge in [0.25, 0.3) is 0 Å². The van der Waals surface area contributed by atoms with E-state index in [1.165, 1.54) is 26.2 Å². The lowest BCUT2D eigenvalue weighted by Crippen LogP contribution is -2.49. The molecule has 0 unspecified atom stereocenters. The van der Waals surface area contributed by atoms with Gasteiger partial charge in [-0.15, -0.1) is 0 Å². The van der Waals surface area contributed by atoms with Crippen LogP contribution in [0.5, 0.6) is 0 Å². The van der Waals surface area contributed by atoms with Crippen LogP contribution >= 0.6 is 0 Å². The quantitative estimate of drug-likeness (QED) is 0.774. The topological polar surface area (TPSA) is 61.4 Å². The van der Waals surface area contributed by atoms with E-state index in [2.05, 4.69) is 10.6 Å². The number of hydrogen-bond donors (Lipinski definition) is 3. The summed E-state index contributed by atoms with van der Waals surface area (Å²) in [4.78, 5) is 11.0. The maximum Gasteiger partial charge on any atom is 0.221 e. The second-order valence-corrected chi connectivity index (χ2v) is 5.73. The van der Waals surface area contributed by atoms with Gasteiger partial charge in [0.1, 0.15) is 0 Å². The molecule has 0 heterocycles. The maximum absolute atomic E-state index is 11.0. The third-order valence-corrected chi connectivity index (χ3v) is 4.06. The summed E-state index contributed by atoms with van der Waals surface area (Å²) < 4.78 is 0. The van der Waals surface area contributed by atoms with Crippen LogP contribution in [-0.4, -0.2) is 23.2 Å². The highest BCUT2D eigenvalue weighted by Gasteiger charge is 2.30. The average Bonchev–Trinajstić information content (AvgIpc) is 2.47. The van der Waals surface area contributed by atoms with Crippen LogP contribution in [0.1, 0.15) is 44.6 Å². The van der Waals surface area contributed by atoms with Crippen molar-refractivity contribution in [2.45, 2.75) is 51.1 Å². The monoisotopic (exact) mass is 276 g/mol. The summed E-state index contributed by atoms with van der Waals surface area (Å²) in [5, 5.41) is 15.9. The first-order valence-electron chi connectivity index (χ1n) is 7.36. The van der Waals surface area contributed by atoms with Gasteiger partial charge in [-0.2, -0.15) is 0 Å². The van der Waals surface area contributed by atoms with Crippen LogP contribution in [0.4, 0.5) is 5.69 Å². The molecule has 4 heteroatoms. The minimum Gasteiger partial charge on any atom is -0.394 e. The van der Waals surface area contributed by atoms with Gasteiger partial charge in [0.15, 0.2) is 0 Å². The van der Waals surface area contributed by atoms with Crippen LogP contribution in [0.15, 0.2) is 24.3 Å². The van der Waals surface area contributed by atoms with Crippen LogP contribution in [0.2, 0.25) is 0 Å². The zero-order chi connectivity index (χ0) is 14.4. The van der Waals surface area contributed by atoms with E-state index in [9.17, 15) is 9.90 Å². The van der Waals surface area contributed by atoms with Crippen molar-refractivity contribution in [3.63, 3.8) is 0 Å². The summed E-state index contributed by atoms with van der Waals surface area (Å²) in [6, 6.07) is 7.83. The minimum absolute atomic E-state index is 0.0580. The molecule has 1 aromatic carbocycles. The molecule has 1 fully saturated rings. The second kappa shape index (κ2) is 6.86. The number of amides is 1. The van der Waals surface area contributed by atoms with Gasteiger partial charge >= 0.3 is 0 Å². The summed E-state index contributed by atoms with van der Waals surface area (Å²) >= 11 is 0. The van der Waals surface area contributed by atoms with Crippen molar-refractivity contribution >= 4 is 11.6 Å². The molecule has 1 amide bonds. The lowest BCUT2D eigenvalue weighted by atomic mass is 9.82. The van der Waals surface area contributed by atoms with Crippen molar-refractivity contribution in [3.05, 3.63) is 29.8 Å². The number of aliphatic hydroxyl groups is 1. The average molecular weight is 276 g/mol. The lowest BCUT2D eigenvalue weighted by Gasteiger charge is -2.36. The van der Waals surface area contributed by atoms with Crippen molar-refractivity contribution < 1.29 is 9.90 Å². The fourth-order valence-electron chi connectivity index (χ4n) is 2.82. The van der Waals surface area contributed by atoms with Gasteiger partial charge in [-0.3, -0.25) is 4.79 Å². The molecule has 0 spiro atoms. The zero-order valence-electron chi connectivity index (χ0n) is 12.1. The molecule has 1 saturated carbocycles. The summed E-state index contributed by atoms with van der Waals surface area (Å²) in [5.41, 5.74) is 1.88. The Bertz CT molecular complexity index is 436. The first-order chi connectivity index (χ1) is 9.63. The van der Waals surface area contributed by atoms with Gasteiger partial charge in [-0.05, 0) is 30.5 Å². The largest absolute Gasteiger partial charge is 0.394 e. The molecule has 0 bridgehead atoms. The lowest BCUT2D eigenvalue weighted by molar-refractivity contribution is -0.114. The van der Waals surface area contributed by atoms with Crippen molar-refractivity contribution in [2.24, 2.45) is 0 Å². The van der Waals surface area contributed by atoms with Crippen LogP contribution in [-0.2, 0) is 11.3 Å². The van der Waals surface area contributed by atoms with E-state index >= 15 is 0 Å². The van der Waals surface area contributed by atoms with E-state index in [0.29, 0.717) is 0 Å². The number of nitrogens with one attached hydrogen (secondary N) is 2. The van der Waals surface area contributed by atoms with E-state index < -0.39 is 0 Å². The molecule has 1 aromatic rings. The fraction of sp³-hybridized carbons (Fsp3) is 0.562. The van der Waals surface area contributed by atoms with Gasteiger partial charge in [0.2, 0.25) is 5.91 Å². The Morgan fingerprint density at radius 3 is 2.40 bits per heavy atom. The Labute approximate surface area is 120 Å². The van der Waals surface area contributed by atoms with Gasteiger partial charge in [0, 0.05) is 24.7 Å². The summed E-state index contributed by atoms with van der Waals surface area (Å²) in [6.07, 6.45) is 5.75.